The van der Waals surface area contributed by atoms with E-state index in [9.17, 15) is 0 Å². The van der Waals surface area contributed by atoms with Crippen LogP contribution >= 0.6 is 0 Å². The van der Waals surface area contributed by atoms with Crippen LogP contribution < -0.4 is 10.6 Å². The number of rotatable bonds is 1. The molecule has 2 aliphatic rings. The highest BCUT2D eigenvalue weighted by Gasteiger charge is 2.31. The Morgan fingerprint density at radius 1 is 1.35 bits per heavy atom. The fraction of sp³-hybridized carbons (Fsp3) is 0.923. The predicted octanol–water partition coefficient (Wildman–Crippen LogP) is 1.19. The lowest BCUT2D eigenvalue weighted by atomic mass is 9.96. The zero-order valence-electron chi connectivity index (χ0n) is 11.6. The Labute approximate surface area is 105 Å². The van der Waals surface area contributed by atoms with Crippen molar-refractivity contribution in [1.29, 1.82) is 0 Å². The summed E-state index contributed by atoms with van der Waals surface area (Å²) in [7, 11) is 0. The molecule has 0 saturated carbocycles. The summed E-state index contributed by atoms with van der Waals surface area (Å²) in [6.45, 7) is 12.2. The molecule has 2 rings (SSSR count). The maximum Gasteiger partial charge on any atom is 0.156 e. The number of aliphatic imine (C=N–C) groups is 1. The highest BCUT2D eigenvalue weighted by Crippen LogP contribution is 2.19. The predicted molar refractivity (Wildman–Crippen MR) is 72.4 cm³/mol. The molecule has 0 bridgehead atoms. The van der Waals surface area contributed by atoms with E-state index in [2.05, 4.69) is 43.2 Å². The van der Waals surface area contributed by atoms with Crippen LogP contribution in [0, 0.1) is 0 Å². The molecular weight excluding hydrogens is 212 g/mol. The summed E-state index contributed by atoms with van der Waals surface area (Å²) < 4.78 is 0. The van der Waals surface area contributed by atoms with Gasteiger partial charge in [0.05, 0.1) is 0 Å². The van der Waals surface area contributed by atoms with Crippen molar-refractivity contribution in [3.05, 3.63) is 0 Å². The molecule has 98 valence electrons. The second-order valence-electron chi connectivity index (χ2n) is 6.12. The standard InChI is InChI=1S/C13H26N4/c1-10-5-7-17(8-6-14-10)12-15-11(2)9-13(3,4)16-12/h10,12,14,16H,5-9H2,1-4H3/t10-,12?/m1/s1. The van der Waals surface area contributed by atoms with Crippen LogP contribution in [-0.2, 0) is 0 Å². The lowest BCUT2D eigenvalue weighted by Crippen LogP contribution is -2.57. The minimum Gasteiger partial charge on any atom is -0.313 e. The van der Waals surface area contributed by atoms with Gasteiger partial charge in [-0.3, -0.25) is 15.2 Å². The molecule has 4 heteroatoms. The van der Waals surface area contributed by atoms with Gasteiger partial charge in [-0.1, -0.05) is 0 Å². The number of nitrogens with one attached hydrogen (secondary N) is 2. The van der Waals surface area contributed by atoms with E-state index in [1.807, 2.05) is 0 Å². The average Bonchev–Trinajstić information content (AvgIpc) is 2.39. The van der Waals surface area contributed by atoms with Crippen molar-refractivity contribution < 1.29 is 0 Å². The molecule has 0 amide bonds. The Balaban J connectivity index is 2.03. The van der Waals surface area contributed by atoms with Gasteiger partial charge >= 0.3 is 0 Å². The maximum absolute atomic E-state index is 4.77. The van der Waals surface area contributed by atoms with E-state index in [1.54, 1.807) is 0 Å². The first-order chi connectivity index (χ1) is 7.96. The largest absolute Gasteiger partial charge is 0.313 e. The van der Waals surface area contributed by atoms with Crippen LogP contribution in [0.1, 0.15) is 40.5 Å². The summed E-state index contributed by atoms with van der Waals surface area (Å²) in [5, 5.41) is 7.17. The Morgan fingerprint density at radius 2 is 2.12 bits per heavy atom. The molecule has 0 aliphatic carbocycles. The first-order valence-corrected chi connectivity index (χ1v) is 6.75. The first-order valence-electron chi connectivity index (χ1n) is 6.75. The molecule has 0 aromatic carbocycles. The molecular formula is C13H26N4. The lowest BCUT2D eigenvalue weighted by Gasteiger charge is -2.39. The molecule has 17 heavy (non-hydrogen) atoms. The molecule has 2 heterocycles. The van der Waals surface area contributed by atoms with Gasteiger partial charge in [0.25, 0.3) is 0 Å². The molecule has 0 spiro atoms. The van der Waals surface area contributed by atoms with E-state index in [0.29, 0.717) is 6.04 Å². The van der Waals surface area contributed by atoms with Gasteiger partial charge in [0.2, 0.25) is 0 Å². The highest BCUT2D eigenvalue weighted by atomic mass is 15.4. The summed E-state index contributed by atoms with van der Waals surface area (Å²) in [4.78, 5) is 7.23. The molecule has 1 unspecified atom stereocenters. The molecule has 1 saturated heterocycles. The molecule has 1 fully saturated rings. The second-order valence-corrected chi connectivity index (χ2v) is 6.12. The zero-order chi connectivity index (χ0) is 12.5. The monoisotopic (exact) mass is 238 g/mol. The van der Waals surface area contributed by atoms with Crippen molar-refractivity contribution in [2.45, 2.75) is 58.4 Å². The van der Waals surface area contributed by atoms with Crippen LogP contribution in [0.15, 0.2) is 4.99 Å². The van der Waals surface area contributed by atoms with E-state index < -0.39 is 0 Å². The quantitative estimate of drug-likeness (QED) is 0.721. The molecule has 0 aromatic rings. The third-order valence-electron chi connectivity index (χ3n) is 3.65. The van der Waals surface area contributed by atoms with Gasteiger partial charge in [0, 0.05) is 43.3 Å². The fourth-order valence-electron chi connectivity index (χ4n) is 2.77. The van der Waals surface area contributed by atoms with E-state index in [-0.39, 0.29) is 11.8 Å². The van der Waals surface area contributed by atoms with E-state index in [0.717, 1.165) is 26.1 Å². The van der Waals surface area contributed by atoms with Gasteiger partial charge in [0.1, 0.15) is 0 Å². The SMILES string of the molecule is CC1=NC(N2CCN[C@H](C)CC2)NC(C)(C)C1. The van der Waals surface area contributed by atoms with Gasteiger partial charge < -0.3 is 5.32 Å². The fourth-order valence-corrected chi connectivity index (χ4v) is 2.77. The third-order valence-corrected chi connectivity index (χ3v) is 3.65. The zero-order valence-corrected chi connectivity index (χ0v) is 11.6. The van der Waals surface area contributed by atoms with Crippen molar-refractivity contribution in [1.82, 2.24) is 15.5 Å². The Hall–Kier alpha value is -0.450. The lowest BCUT2D eigenvalue weighted by molar-refractivity contribution is 0.138. The summed E-state index contributed by atoms with van der Waals surface area (Å²) in [5.41, 5.74) is 1.44. The van der Waals surface area contributed by atoms with E-state index in [4.69, 9.17) is 4.99 Å². The molecule has 2 N–H and O–H groups in total. The van der Waals surface area contributed by atoms with Crippen LogP contribution in [0.3, 0.4) is 0 Å². The van der Waals surface area contributed by atoms with Gasteiger partial charge in [-0.05, 0) is 34.1 Å². The van der Waals surface area contributed by atoms with Crippen molar-refractivity contribution >= 4 is 5.71 Å². The Morgan fingerprint density at radius 3 is 2.82 bits per heavy atom. The summed E-state index contributed by atoms with van der Waals surface area (Å²) in [6.07, 6.45) is 2.42. The van der Waals surface area contributed by atoms with Gasteiger partial charge in [0.15, 0.2) is 6.29 Å². The maximum atomic E-state index is 4.77. The van der Waals surface area contributed by atoms with Crippen molar-refractivity contribution in [2.24, 2.45) is 4.99 Å². The second kappa shape index (κ2) is 5.04. The van der Waals surface area contributed by atoms with Gasteiger partial charge in [-0.15, -0.1) is 0 Å². The van der Waals surface area contributed by atoms with Gasteiger partial charge in [-0.2, -0.15) is 0 Å². The van der Waals surface area contributed by atoms with Crippen molar-refractivity contribution in [3.63, 3.8) is 0 Å². The van der Waals surface area contributed by atoms with Crippen LogP contribution in [-0.4, -0.2) is 48.1 Å². The molecule has 0 radical (unpaired) electrons. The minimum atomic E-state index is 0.169. The first kappa shape index (κ1) is 13.0. The smallest absolute Gasteiger partial charge is 0.156 e. The average molecular weight is 238 g/mol. The van der Waals surface area contributed by atoms with E-state index >= 15 is 0 Å². The Kier molecular flexibility index (Phi) is 3.85. The molecule has 4 nitrogen and oxygen atoms in total. The molecule has 2 atom stereocenters. The minimum absolute atomic E-state index is 0.169. The number of nitrogens with zero attached hydrogens (tertiary/aromatic N) is 2. The highest BCUT2D eigenvalue weighted by molar-refractivity contribution is 5.83. The summed E-state index contributed by atoms with van der Waals surface area (Å²) in [6, 6.07) is 0.627. The van der Waals surface area contributed by atoms with Crippen molar-refractivity contribution in [2.75, 3.05) is 19.6 Å². The Bertz CT molecular complexity index is 298. The van der Waals surface area contributed by atoms with Crippen LogP contribution in [0.2, 0.25) is 0 Å². The van der Waals surface area contributed by atoms with Crippen molar-refractivity contribution in [3.8, 4) is 0 Å². The topological polar surface area (TPSA) is 39.7 Å². The third kappa shape index (κ3) is 3.50. The molecule has 2 aliphatic heterocycles. The molecule has 0 aromatic heterocycles. The van der Waals surface area contributed by atoms with Crippen LogP contribution in [0.25, 0.3) is 0 Å². The van der Waals surface area contributed by atoms with Crippen LogP contribution in [0.5, 0.6) is 0 Å². The van der Waals surface area contributed by atoms with E-state index in [1.165, 1.54) is 12.1 Å². The number of hydrogen-bond acceptors (Lipinski definition) is 4. The normalized spacial score (nSPS) is 35.2. The number of hydrogen-bond donors (Lipinski definition) is 2. The summed E-state index contributed by atoms with van der Waals surface area (Å²) >= 11 is 0. The summed E-state index contributed by atoms with van der Waals surface area (Å²) in [5.74, 6) is 0. The van der Waals surface area contributed by atoms with Crippen LogP contribution in [0.4, 0.5) is 0 Å². The van der Waals surface area contributed by atoms with Gasteiger partial charge in [-0.25, -0.2) is 0 Å².